The highest BCUT2D eigenvalue weighted by Crippen LogP contribution is 2.55. The lowest BCUT2D eigenvalue weighted by atomic mass is 9.96. The smallest absolute Gasteiger partial charge is 0.281 e. The van der Waals surface area contributed by atoms with Crippen LogP contribution in [-0.4, -0.2) is 48.3 Å². The van der Waals surface area contributed by atoms with Gasteiger partial charge in [-0.15, -0.1) is 0 Å². The molecule has 0 bridgehead atoms. The van der Waals surface area contributed by atoms with Crippen LogP contribution in [0.1, 0.15) is 25.7 Å². The summed E-state index contributed by atoms with van der Waals surface area (Å²) in [4.78, 5) is 0. The van der Waals surface area contributed by atoms with Crippen molar-refractivity contribution < 1.29 is 65.7 Å². The molecule has 1 atom stereocenters. The van der Waals surface area contributed by atoms with Crippen LogP contribution in [-0.2, 0) is 10.1 Å². The molecule has 0 saturated carbocycles. The fourth-order valence-corrected chi connectivity index (χ4v) is 2.03. The van der Waals surface area contributed by atoms with E-state index in [1.54, 1.807) is 0 Å². The Morgan fingerprint density at radius 3 is 1.54 bits per heavy atom. The zero-order valence-corrected chi connectivity index (χ0v) is 12.9. The average molecular weight is 438 g/mol. The van der Waals surface area contributed by atoms with Crippen LogP contribution in [0, 0.1) is 0 Å². The maximum absolute atomic E-state index is 13.2. The summed E-state index contributed by atoms with van der Waals surface area (Å²) in [5, 5.41) is -7.11. The molecule has 0 saturated heterocycles. The van der Waals surface area contributed by atoms with Gasteiger partial charge < -0.3 is 0 Å². The van der Waals surface area contributed by atoms with Crippen LogP contribution < -0.4 is 0 Å². The lowest BCUT2D eigenvalue weighted by Crippen LogP contribution is -2.66. The number of unbranched alkanes of at least 4 members (excludes halogenated alkanes) is 1. The predicted molar refractivity (Wildman–Crippen MR) is 60.8 cm³/mol. The molecule has 26 heavy (non-hydrogen) atoms. The van der Waals surface area contributed by atoms with E-state index in [4.69, 9.17) is 4.55 Å². The predicted octanol–water partition coefficient (Wildman–Crippen LogP) is 4.83. The van der Waals surface area contributed by atoms with E-state index in [9.17, 15) is 61.1 Å². The molecule has 3 nitrogen and oxygen atoms in total. The van der Waals surface area contributed by atoms with E-state index in [-0.39, 0.29) is 0 Å². The molecule has 0 radical (unpaired) electrons. The second kappa shape index (κ2) is 7.24. The fraction of sp³-hybridized carbons (Fsp3) is 1.00. The van der Waals surface area contributed by atoms with E-state index in [0.717, 1.165) is 0 Å². The third kappa shape index (κ3) is 4.67. The molecule has 0 aromatic carbocycles. The Bertz CT molecular complexity index is 583. The van der Waals surface area contributed by atoms with Crippen molar-refractivity contribution in [2.75, 3.05) is 0 Å². The first-order valence-electron chi connectivity index (χ1n) is 6.32. The first kappa shape index (κ1) is 25.1. The van der Waals surface area contributed by atoms with Crippen molar-refractivity contribution in [1.82, 2.24) is 0 Å². The van der Waals surface area contributed by atoms with Gasteiger partial charge in [-0.1, -0.05) is 0 Å². The van der Waals surface area contributed by atoms with E-state index >= 15 is 0 Å². The summed E-state index contributed by atoms with van der Waals surface area (Å²) < 4.78 is 181. The summed E-state index contributed by atoms with van der Waals surface area (Å²) in [6.07, 6.45) is -14.8. The third-order valence-electron chi connectivity index (χ3n) is 3.06. The van der Waals surface area contributed by atoms with Crippen LogP contribution in [0.15, 0.2) is 0 Å². The molecule has 0 heterocycles. The molecule has 0 aliphatic rings. The van der Waals surface area contributed by atoms with Crippen LogP contribution >= 0.6 is 0 Å². The lowest BCUT2D eigenvalue weighted by Gasteiger charge is -2.36. The number of hydrogen-bond donors (Lipinski definition) is 1. The first-order valence-corrected chi connectivity index (χ1v) is 7.76. The highest BCUT2D eigenvalue weighted by molar-refractivity contribution is 7.87. The first-order chi connectivity index (χ1) is 11.1. The Labute approximate surface area is 138 Å². The molecule has 0 aliphatic carbocycles. The zero-order valence-electron chi connectivity index (χ0n) is 12.1. The SMILES string of the molecule is O=S(=O)(O)C(F)(F)C(F)(F)C(F)(F)C(F)(F)C(F)CCCCC(F)(F)F. The molecule has 1 N–H and O–H groups in total. The van der Waals surface area contributed by atoms with Gasteiger partial charge in [0, 0.05) is 6.42 Å². The lowest BCUT2D eigenvalue weighted by molar-refractivity contribution is -0.359. The zero-order chi connectivity index (χ0) is 21.4. The molecule has 0 spiro atoms. The molecule has 0 rings (SSSR count). The molecule has 158 valence electrons. The Kier molecular flexibility index (Phi) is 6.98. The van der Waals surface area contributed by atoms with Crippen molar-refractivity contribution >= 4 is 10.1 Å². The fourth-order valence-electron chi connectivity index (χ4n) is 1.58. The van der Waals surface area contributed by atoms with Crippen molar-refractivity contribution in [3.8, 4) is 0 Å². The summed E-state index contributed by atoms with van der Waals surface area (Å²) in [7, 11) is -7.31. The number of alkyl halides is 12. The largest absolute Gasteiger partial charge is 0.438 e. The maximum atomic E-state index is 13.2. The van der Waals surface area contributed by atoms with Crippen LogP contribution in [0.5, 0.6) is 0 Å². The maximum Gasteiger partial charge on any atom is 0.438 e. The summed E-state index contributed by atoms with van der Waals surface area (Å²) in [5.41, 5.74) is 0. The van der Waals surface area contributed by atoms with Gasteiger partial charge in [-0.2, -0.15) is 56.7 Å². The summed E-state index contributed by atoms with van der Waals surface area (Å²) in [6, 6.07) is 0. The Morgan fingerprint density at radius 1 is 0.769 bits per heavy atom. The molecule has 16 heteroatoms. The Balaban J connectivity index is 5.47. The molecule has 0 amide bonds. The van der Waals surface area contributed by atoms with Crippen molar-refractivity contribution in [3.63, 3.8) is 0 Å². The molecule has 0 aromatic rings. The molecule has 1 unspecified atom stereocenters. The Morgan fingerprint density at radius 2 is 1.19 bits per heavy atom. The van der Waals surface area contributed by atoms with Gasteiger partial charge in [0.2, 0.25) is 0 Å². The third-order valence-corrected chi connectivity index (χ3v) is 3.97. The number of rotatable bonds is 9. The van der Waals surface area contributed by atoms with Gasteiger partial charge in [0.05, 0.1) is 0 Å². The second-order valence-electron chi connectivity index (χ2n) is 5.09. The number of hydrogen-bond acceptors (Lipinski definition) is 2. The van der Waals surface area contributed by atoms with Crippen LogP contribution in [0.25, 0.3) is 0 Å². The van der Waals surface area contributed by atoms with Gasteiger partial charge in [0.1, 0.15) is 0 Å². The summed E-state index contributed by atoms with van der Waals surface area (Å²) in [6.45, 7) is 0. The highest BCUT2D eigenvalue weighted by atomic mass is 32.2. The van der Waals surface area contributed by atoms with Gasteiger partial charge >= 0.3 is 39.3 Å². The van der Waals surface area contributed by atoms with Gasteiger partial charge in [-0.05, 0) is 19.3 Å². The topological polar surface area (TPSA) is 54.4 Å². The summed E-state index contributed by atoms with van der Waals surface area (Å²) >= 11 is 0. The Hall–Kier alpha value is -0.930. The minimum atomic E-state index is -7.45. The normalized spacial score (nSPS) is 16.7. The van der Waals surface area contributed by atoms with Crippen molar-refractivity contribution in [3.05, 3.63) is 0 Å². The van der Waals surface area contributed by atoms with Gasteiger partial charge in [0.25, 0.3) is 0 Å². The molecule has 0 fully saturated rings. The minimum absolute atomic E-state index is 1.05. The van der Waals surface area contributed by atoms with Gasteiger partial charge in [-0.3, -0.25) is 4.55 Å². The quantitative estimate of drug-likeness (QED) is 0.319. The molecular formula is C10H10F12O3S. The second-order valence-corrected chi connectivity index (χ2v) is 6.55. The van der Waals surface area contributed by atoms with Crippen LogP contribution in [0.3, 0.4) is 0 Å². The minimum Gasteiger partial charge on any atom is -0.281 e. The molecular weight excluding hydrogens is 428 g/mol. The highest BCUT2D eigenvalue weighted by Gasteiger charge is 2.85. The van der Waals surface area contributed by atoms with E-state index in [1.165, 1.54) is 0 Å². The molecule has 0 aliphatic heterocycles. The van der Waals surface area contributed by atoms with Crippen LogP contribution in [0.2, 0.25) is 0 Å². The average Bonchev–Trinajstić information content (AvgIpc) is 2.40. The van der Waals surface area contributed by atoms with E-state index < -0.39 is 71.2 Å². The monoisotopic (exact) mass is 438 g/mol. The van der Waals surface area contributed by atoms with E-state index in [0.29, 0.717) is 0 Å². The van der Waals surface area contributed by atoms with Gasteiger partial charge in [-0.25, -0.2) is 4.39 Å². The van der Waals surface area contributed by atoms with E-state index in [1.807, 2.05) is 0 Å². The molecule has 0 aromatic heterocycles. The van der Waals surface area contributed by atoms with Crippen molar-refractivity contribution in [2.45, 2.75) is 61.1 Å². The number of halogens is 12. The van der Waals surface area contributed by atoms with Crippen molar-refractivity contribution in [2.24, 2.45) is 0 Å². The van der Waals surface area contributed by atoms with Gasteiger partial charge in [0.15, 0.2) is 6.17 Å². The summed E-state index contributed by atoms with van der Waals surface area (Å²) in [5.74, 6) is -21.4. The standard InChI is InChI=1S/C10H10F12O3S/c11-5(3-1-2-4-6(12,13)14)7(15,16)8(17,18)9(19,20)10(21,22)26(23,24)25/h5H,1-4H2,(H,23,24,25). The van der Waals surface area contributed by atoms with Crippen LogP contribution in [0.4, 0.5) is 52.7 Å². The van der Waals surface area contributed by atoms with E-state index in [2.05, 4.69) is 0 Å². The van der Waals surface area contributed by atoms with Crippen molar-refractivity contribution in [1.29, 1.82) is 0 Å².